The maximum atomic E-state index is 12.1. The van der Waals surface area contributed by atoms with Crippen LogP contribution in [0.15, 0.2) is 28.7 Å². The van der Waals surface area contributed by atoms with E-state index in [1.807, 2.05) is 0 Å². The van der Waals surface area contributed by atoms with Crippen LogP contribution in [-0.2, 0) is 12.3 Å². The highest BCUT2D eigenvalue weighted by Gasteiger charge is 2.09. The second-order valence-electron chi connectivity index (χ2n) is 4.08. The normalized spacial score (nSPS) is 11.1. The number of phenols is 1. The van der Waals surface area contributed by atoms with Gasteiger partial charge in [0.2, 0.25) is 0 Å². The molecule has 8 heteroatoms. The SMILES string of the molecule is Oc1c(Cl)cc(NCc2ccc(CSC(F)F)o2)cc1Cl. The number of aromatic hydroxyl groups is 1. The molecule has 0 amide bonds. The Morgan fingerprint density at radius 1 is 1.19 bits per heavy atom. The van der Waals surface area contributed by atoms with Gasteiger partial charge in [0.1, 0.15) is 11.5 Å². The molecule has 2 rings (SSSR count). The van der Waals surface area contributed by atoms with Gasteiger partial charge in [0.25, 0.3) is 5.76 Å². The summed E-state index contributed by atoms with van der Waals surface area (Å²) in [4.78, 5) is 0. The fourth-order valence-electron chi connectivity index (χ4n) is 1.60. The maximum absolute atomic E-state index is 12.1. The molecule has 0 fully saturated rings. The van der Waals surface area contributed by atoms with Gasteiger partial charge in [-0.15, -0.1) is 0 Å². The van der Waals surface area contributed by atoms with Crippen LogP contribution in [0.1, 0.15) is 11.5 Å². The summed E-state index contributed by atoms with van der Waals surface area (Å²) in [5.41, 5.74) is 0.614. The van der Waals surface area contributed by atoms with Crippen LogP contribution >= 0.6 is 35.0 Å². The molecular weight excluding hydrogens is 343 g/mol. The molecular formula is C13H11Cl2F2NO2S. The molecule has 1 aromatic heterocycles. The van der Waals surface area contributed by atoms with E-state index in [9.17, 15) is 13.9 Å². The number of benzene rings is 1. The summed E-state index contributed by atoms with van der Waals surface area (Å²) in [6.07, 6.45) is 0. The van der Waals surface area contributed by atoms with Gasteiger partial charge in [0, 0.05) is 5.69 Å². The summed E-state index contributed by atoms with van der Waals surface area (Å²) in [5.74, 6) is -1.39. The molecule has 0 spiro atoms. The first-order valence-corrected chi connectivity index (χ1v) is 7.65. The van der Waals surface area contributed by atoms with Crippen LogP contribution in [0.25, 0.3) is 0 Å². The van der Waals surface area contributed by atoms with E-state index in [0.717, 1.165) is 0 Å². The van der Waals surface area contributed by atoms with Gasteiger partial charge in [-0.05, 0) is 24.3 Å². The van der Waals surface area contributed by atoms with Crippen molar-refractivity contribution in [3.05, 3.63) is 45.8 Å². The topological polar surface area (TPSA) is 45.4 Å². The van der Waals surface area contributed by atoms with E-state index in [1.165, 1.54) is 12.1 Å². The van der Waals surface area contributed by atoms with Crippen molar-refractivity contribution in [2.75, 3.05) is 5.32 Å². The Morgan fingerprint density at radius 2 is 1.81 bits per heavy atom. The average Bonchev–Trinajstić information content (AvgIpc) is 2.88. The van der Waals surface area contributed by atoms with Crippen molar-refractivity contribution in [3.8, 4) is 5.75 Å². The van der Waals surface area contributed by atoms with Crippen LogP contribution in [0.4, 0.5) is 14.5 Å². The van der Waals surface area contributed by atoms with E-state index in [2.05, 4.69) is 5.32 Å². The van der Waals surface area contributed by atoms with Crippen molar-refractivity contribution in [2.24, 2.45) is 0 Å². The van der Waals surface area contributed by atoms with E-state index in [4.69, 9.17) is 27.6 Å². The number of rotatable bonds is 6. The fraction of sp³-hybridized carbons (Fsp3) is 0.231. The third-order valence-electron chi connectivity index (χ3n) is 2.55. The highest BCUT2D eigenvalue weighted by atomic mass is 35.5. The lowest BCUT2D eigenvalue weighted by molar-refractivity contribution is 0.251. The summed E-state index contributed by atoms with van der Waals surface area (Å²) in [7, 11) is 0. The first kappa shape index (κ1) is 16.3. The predicted octanol–water partition coefficient (Wildman–Crippen LogP) is 5.36. The lowest BCUT2D eigenvalue weighted by Gasteiger charge is -2.07. The maximum Gasteiger partial charge on any atom is 0.284 e. The Balaban J connectivity index is 1.94. The standard InChI is InChI=1S/C13H11Cl2F2NO2S/c14-10-3-7(4-11(15)12(10)19)18-5-8-1-2-9(20-8)6-21-13(16)17/h1-4,13,18-19H,5-6H2. The number of hydrogen-bond acceptors (Lipinski definition) is 4. The van der Waals surface area contributed by atoms with Gasteiger partial charge in [0.15, 0.2) is 5.75 Å². The van der Waals surface area contributed by atoms with Crippen LogP contribution in [0.2, 0.25) is 10.0 Å². The van der Waals surface area contributed by atoms with Crippen LogP contribution in [0, 0.1) is 0 Å². The number of nitrogens with one attached hydrogen (secondary N) is 1. The largest absolute Gasteiger partial charge is 0.505 e. The van der Waals surface area contributed by atoms with Gasteiger partial charge < -0.3 is 14.8 Å². The molecule has 0 unspecified atom stereocenters. The quantitative estimate of drug-likeness (QED) is 0.686. The summed E-state index contributed by atoms with van der Waals surface area (Å²) in [6.45, 7) is 0.344. The van der Waals surface area contributed by atoms with Crippen molar-refractivity contribution in [2.45, 2.75) is 18.1 Å². The van der Waals surface area contributed by atoms with Gasteiger partial charge in [-0.25, -0.2) is 0 Å². The van der Waals surface area contributed by atoms with Gasteiger partial charge in [-0.3, -0.25) is 0 Å². The van der Waals surface area contributed by atoms with Crippen molar-refractivity contribution in [3.63, 3.8) is 0 Å². The molecule has 1 aromatic carbocycles. The second-order valence-corrected chi connectivity index (χ2v) is 5.87. The van der Waals surface area contributed by atoms with E-state index in [-0.39, 0.29) is 21.5 Å². The van der Waals surface area contributed by atoms with Gasteiger partial charge >= 0.3 is 0 Å². The molecule has 3 nitrogen and oxygen atoms in total. The van der Waals surface area contributed by atoms with Crippen LogP contribution in [0.3, 0.4) is 0 Å². The minimum absolute atomic E-state index is 0.120. The van der Waals surface area contributed by atoms with Crippen molar-refractivity contribution < 1.29 is 18.3 Å². The number of hydrogen-bond donors (Lipinski definition) is 2. The van der Waals surface area contributed by atoms with E-state index in [1.54, 1.807) is 12.1 Å². The summed E-state index contributed by atoms with van der Waals surface area (Å²) < 4.78 is 29.5. The molecule has 0 saturated heterocycles. The van der Waals surface area contributed by atoms with Crippen molar-refractivity contribution >= 4 is 40.7 Å². The summed E-state index contributed by atoms with van der Waals surface area (Å²) >= 11 is 12.1. The lowest BCUT2D eigenvalue weighted by atomic mass is 10.3. The minimum Gasteiger partial charge on any atom is -0.505 e. The monoisotopic (exact) mass is 353 g/mol. The highest BCUT2D eigenvalue weighted by molar-refractivity contribution is 7.98. The average molecular weight is 354 g/mol. The molecule has 0 bridgehead atoms. The van der Waals surface area contributed by atoms with Crippen LogP contribution < -0.4 is 5.32 Å². The Morgan fingerprint density at radius 3 is 2.43 bits per heavy atom. The molecule has 0 aliphatic carbocycles. The van der Waals surface area contributed by atoms with Crippen molar-refractivity contribution in [1.82, 2.24) is 0 Å². The van der Waals surface area contributed by atoms with E-state index >= 15 is 0 Å². The number of phenolic OH excluding ortho intramolecular Hbond substituents is 1. The predicted molar refractivity (Wildman–Crippen MR) is 81.5 cm³/mol. The molecule has 2 N–H and O–H groups in total. The number of thioether (sulfide) groups is 1. The second kappa shape index (κ2) is 7.24. The minimum atomic E-state index is -2.42. The molecule has 21 heavy (non-hydrogen) atoms. The highest BCUT2D eigenvalue weighted by Crippen LogP contribution is 2.34. The van der Waals surface area contributed by atoms with Gasteiger partial charge in [-0.2, -0.15) is 8.78 Å². The molecule has 114 valence electrons. The number of alkyl halides is 2. The zero-order valence-electron chi connectivity index (χ0n) is 10.6. The van der Waals surface area contributed by atoms with Gasteiger partial charge in [-0.1, -0.05) is 35.0 Å². The van der Waals surface area contributed by atoms with Gasteiger partial charge in [0.05, 0.1) is 22.3 Å². The van der Waals surface area contributed by atoms with Crippen molar-refractivity contribution in [1.29, 1.82) is 0 Å². The number of anilines is 1. The van der Waals surface area contributed by atoms with E-state index < -0.39 is 5.76 Å². The third kappa shape index (κ3) is 4.69. The van der Waals surface area contributed by atoms with E-state index in [0.29, 0.717) is 35.5 Å². The molecule has 0 aliphatic rings. The number of furan rings is 1. The molecule has 0 radical (unpaired) electrons. The first-order chi connectivity index (χ1) is 9.95. The molecule has 1 heterocycles. The van der Waals surface area contributed by atoms with Crippen LogP contribution in [0.5, 0.6) is 5.75 Å². The Labute approximate surface area is 134 Å². The molecule has 0 saturated carbocycles. The summed E-state index contributed by atoms with van der Waals surface area (Å²) in [6, 6.07) is 6.42. The Kier molecular flexibility index (Phi) is 5.61. The zero-order chi connectivity index (χ0) is 15.4. The number of halogens is 4. The molecule has 0 aliphatic heterocycles. The molecule has 2 aromatic rings. The Hall–Kier alpha value is -1.11. The zero-order valence-corrected chi connectivity index (χ0v) is 12.9. The first-order valence-electron chi connectivity index (χ1n) is 5.85. The lowest BCUT2D eigenvalue weighted by Crippen LogP contribution is -1.98. The third-order valence-corrected chi connectivity index (χ3v) is 3.83. The summed E-state index contributed by atoms with van der Waals surface area (Å²) in [5, 5.41) is 12.7. The molecule has 0 atom stereocenters. The smallest absolute Gasteiger partial charge is 0.284 e. The fourth-order valence-corrected chi connectivity index (χ4v) is 2.53. The Bertz CT molecular complexity index is 599. The van der Waals surface area contributed by atoms with Crippen LogP contribution in [-0.4, -0.2) is 10.9 Å².